The van der Waals surface area contributed by atoms with Gasteiger partial charge in [-0.05, 0) is 24.5 Å². The Morgan fingerprint density at radius 1 is 1.17 bits per heavy atom. The van der Waals surface area contributed by atoms with Gasteiger partial charge >= 0.3 is 11.9 Å². The molecule has 2 atom stereocenters. The molecule has 2 aliphatic rings. The molecule has 5 heteroatoms. The van der Waals surface area contributed by atoms with E-state index in [0.717, 1.165) is 11.1 Å². The molecule has 1 aromatic carbocycles. The van der Waals surface area contributed by atoms with Gasteiger partial charge in [-0.2, -0.15) is 0 Å². The molecule has 0 radical (unpaired) electrons. The van der Waals surface area contributed by atoms with Crippen LogP contribution < -0.4 is 0 Å². The predicted octanol–water partition coefficient (Wildman–Crippen LogP) is 2.14. The molecule has 122 valence electrons. The van der Waals surface area contributed by atoms with Crippen molar-refractivity contribution in [1.82, 2.24) is 0 Å². The average molecular weight is 316 g/mol. The summed E-state index contributed by atoms with van der Waals surface area (Å²) in [7, 11) is 2.55. The zero-order valence-electron chi connectivity index (χ0n) is 13.5. The standard InChI is InChI=1S/C18H20O5/c1-17-9-8-12-6-4-5-7-13(12)10-14(23-17)11-18(17,15(19)21-2)16(20)22-3/h4-9,14H,10-11H2,1-3H3/b9-8-/t14-,17+/m1/s1. The second-order valence-electron chi connectivity index (χ2n) is 6.18. The lowest BCUT2D eigenvalue weighted by molar-refractivity contribution is -0.177. The van der Waals surface area contributed by atoms with Crippen molar-refractivity contribution in [1.29, 1.82) is 0 Å². The van der Waals surface area contributed by atoms with Crippen LogP contribution in [0.4, 0.5) is 0 Å². The third-order valence-corrected chi connectivity index (χ3v) is 4.94. The highest BCUT2D eigenvalue weighted by Crippen LogP contribution is 2.51. The summed E-state index contributed by atoms with van der Waals surface area (Å²) in [6, 6.07) is 7.97. The van der Waals surface area contributed by atoms with E-state index in [-0.39, 0.29) is 12.5 Å². The topological polar surface area (TPSA) is 61.8 Å². The van der Waals surface area contributed by atoms with E-state index in [0.29, 0.717) is 6.42 Å². The molecular weight excluding hydrogens is 296 g/mol. The van der Waals surface area contributed by atoms with Gasteiger partial charge in [0.1, 0.15) is 5.60 Å². The fourth-order valence-corrected chi connectivity index (χ4v) is 3.71. The summed E-state index contributed by atoms with van der Waals surface area (Å²) in [5, 5.41) is 0. The summed E-state index contributed by atoms with van der Waals surface area (Å²) in [6.07, 6.45) is 4.29. The number of fused-ring (bicyclic) bond motifs is 3. The molecule has 1 saturated heterocycles. The Morgan fingerprint density at radius 2 is 1.83 bits per heavy atom. The zero-order chi connectivity index (χ0) is 16.7. The Balaban J connectivity index is 2.14. The molecule has 0 N–H and O–H groups in total. The molecule has 0 saturated carbocycles. The smallest absolute Gasteiger partial charge is 0.326 e. The highest BCUT2D eigenvalue weighted by atomic mass is 16.6. The minimum atomic E-state index is -1.49. The summed E-state index contributed by atoms with van der Waals surface area (Å²) in [6.45, 7) is 1.74. The fourth-order valence-electron chi connectivity index (χ4n) is 3.71. The highest BCUT2D eigenvalue weighted by molar-refractivity contribution is 6.02. The van der Waals surface area contributed by atoms with Gasteiger partial charge in [0.15, 0.2) is 5.41 Å². The Hall–Kier alpha value is -2.14. The number of methoxy groups -OCH3 is 2. The van der Waals surface area contributed by atoms with Crippen molar-refractivity contribution in [3.63, 3.8) is 0 Å². The van der Waals surface area contributed by atoms with Crippen molar-refractivity contribution in [2.24, 2.45) is 5.41 Å². The summed E-state index contributed by atoms with van der Waals surface area (Å²) in [5.41, 5.74) is -0.399. The Bertz CT molecular complexity index is 662. The number of hydrogen-bond acceptors (Lipinski definition) is 5. The van der Waals surface area contributed by atoms with Gasteiger partial charge in [-0.25, -0.2) is 0 Å². The van der Waals surface area contributed by atoms with Crippen molar-refractivity contribution < 1.29 is 23.8 Å². The molecule has 0 spiro atoms. The normalized spacial score (nSPS) is 28.9. The van der Waals surface area contributed by atoms with Gasteiger partial charge in [-0.1, -0.05) is 36.4 Å². The van der Waals surface area contributed by atoms with Crippen molar-refractivity contribution in [3.05, 3.63) is 41.5 Å². The van der Waals surface area contributed by atoms with Gasteiger partial charge in [-0.3, -0.25) is 9.59 Å². The number of esters is 2. The van der Waals surface area contributed by atoms with Gasteiger partial charge in [0.2, 0.25) is 0 Å². The second kappa shape index (κ2) is 5.49. The number of benzene rings is 1. The molecule has 0 unspecified atom stereocenters. The van der Waals surface area contributed by atoms with Crippen molar-refractivity contribution in [3.8, 4) is 0 Å². The molecule has 23 heavy (non-hydrogen) atoms. The molecule has 2 bridgehead atoms. The molecule has 0 aliphatic carbocycles. The highest BCUT2D eigenvalue weighted by Gasteiger charge is 2.67. The summed E-state index contributed by atoms with van der Waals surface area (Å²) >= 11 is 0. The summed E-state index contributed by atoms with van der Waals surface area (Å²) in [4.78, 5) is 25.1. The lowest BCUT2D eigenvalue weighted by Crippen LogP contribution is -2.53. The van der Waals surface area contributed by atoms with Crippen LogP contribution in [-0.4, -0.2) is 37.9 Å². The fraction of sp³-hybridized carbons (Fsp3) is 0.444. The van der Waals surface area contributed by atoms with E-state index in [1.807, 2.05) is 30.3 Å². The van der Waals surface area contributed by atoms with Crippen LogP contribution in [0.5, 0.6) is 0 Å². The van der Waals surface area contributed by atoms with E-state index in [9.17, 15) is 9.59 Å². The second-order valence-corrected chi connectivity index (χ2v) is 6.18. The molecule has 5 nitrogen and oxygen atoms in total. The number of carbonyl (C=O) groups excluding carboxylic acids is 2. The van der Waals surface area contributed by atoms with Crippen LogP contribution in [0.2, 0.25) is 0 Å². The van der Waals surface area contributed by atoms with Gasteiger partial charge < -0.3 is 14.2 Å². The van der Waals surface area contributed by atoms with E-state index < -0.39 is 23.0 Å². The third-order valence-electron chi connectivity index (χ3n) is 4.94. The van der Waals surface area contributed by atoms with Crippen LogP contribution in [0.3, 0.4) is 0 Å². The first-order chi connectivity index (χ1) is 11.0. The van der Waals surface area contributed by atoms with E-state index in [2.05, 4.69) is 0 Å². The third kappa shape index (κ3) is 2.18. The van der Waals surface area contributed by atoms with Crippen LogP contribution in [0.15, 0.2) is 30.3 Å². The van der Waals surface area contributed by atoms with Gasteiger partial charge in [0.05, 0.1) is 20.3 Å². The maximum absolute atomic E-state index is 12.5. The van der Waals surface area contributed by atoms with Gasteiger partial charge in [0.25, 0.3) is 0 Å². The number of ether oxygens (including phenoxy) is 3. The monoisotopic (exact) mass is 316 g/mol. The first kappa shape index (κ1) is 15.7. The lowest BCUT2D eigenvalue weighted by Gasteiger charge is -2.35. The molecule has 1 fully saturated rings. The van der Waals surface area contributed by atoms with Gasteiger partial charge in [0, 0.05) is 6.42 Å². The maximum atomic E-state index is 12.5. The minimum Gasteiger partial charge on any atom is -0.468 e. The molecule has 0 aromatic heterocycles. The number of carbonyl (C=O) groups is 2. The SMILES string of the molecule is COC(=O)C1(C(=O)OC)C[C@H]2Cc3ccccc3/C=C\[C@]1(C)O2. The van der Waals surface area contributed by atoms with Crippen LogP contribution >= 0.6 is 0 Å². The Morgan fingerprint density at radius 3 is 2.48 bits per heavy atom. The minimum absolute atomic E-state index is 0.238. The lowest BCUT2D eigenvalue weighted by atomic mass is 9.71. The Kier molecular flexibility index (Phi) is 3.76. The summed E-state index contributed by atoms with van der Waals surface area (Å²) in [5.74, 6) is -1.24. The summed E-state index contributed by atoms with van der Waals surface area (Å²) < 4.78 is 16.0. The van der Waals surface area contributed by atoms with Crippen LogP contribution in [0, 0.1) is 5.41 Å². The average Bonchev–Trinajstić information content (AvgIpc) is 2.86. The van der Waals surface area contributed by atoms with E-state index in [1.54, 1.807) is 13.0 Å². The van der Waals surface area contributed by atoms with Gasteiger partial charge in [-0.15, -0.1) is 0 Å². The van der Waals surface area contributed by atoms with Crippen LogP contribution in [0.25, 0.3) is 6.08 Å². The quantitative estimate of drug-likeness (QED) is 0.618. The number of rotatable bonds is 2. The van der Waals surface area contributed by atoms with Crippen molar-refractivity contribution >= 4 is 18.0 Å². The first-order valence-electron chi connectivity index (χ1n) is 7.58. The molecule has 2 aliphatic heterocycles. The molecular formula is C18H20O5. The van der Waals surface area contributed by atoms with E-state index in [4.69, 9.17) is 14.2 Å². The molecule has 2 heterocycles. The molecule has 3 rings (SSSR count). The molecule has 1 aromatic rings. The maximum Gasteiger partial charge on any atom is 0.326 e. The molecule has 0 amide bonds. The number of hydrogen-bond donors (Lipinski definition) is 0. The van der Waals surface area contributed by atoms with Crippen molar-refractivity contribution in [2.45, 2.75) is 31.5 Å². The van der Waals surface area contributed by atoms with Crippen molar-refractivity contribution in [2.75, 3.05) is 14.2 Å². The Labute approximate surface area is 135 Å². The predicted molar refractivity (Wildman–Crippen MR) is 83.5 cm³/mol. The van der Waals surface area contributed by atoms with E-state index >= 15 is 0 Å². The van der Waals surface area contributed by atoms with Crippen LogP contribution in [0.1, 0.15) is 24.5 Å². The van der Waals surface area contributed by atoms with Crippen LogP contribution in [-0.2, 0) is 30.2 Å². The zero-order valence-corrected chi connectivity index (χ0v) is 13.5. The largest absolute Gasteiger partial charge is 0.468 e. The first-order valence-corrected chi connectivity index (χ1v) is 7.58. The van der Waals surface area contributed by atoms with E-state index in [1.165, 1.54) is 14.2 Å².